The molecule has 150 valence electrons. The van der Waals surface area contributed by atoms with Gasteiger partial charge in [0.05, 0.1) is 23.4 Å². The van der Waals surface area contributed by atoms with Crippen LogP contribution in [0.1, 0.15) is 17.3 Å². The Labute approximate surface area is 171 Å². The van der Waals surface area contributed by atoms with Crippen LogP contribution >= 0.6 is 0 Å². The van der Waals surface area contributed by atoms with Gasteiger partial charge in [-0.2, -0.15) is 0 Å². The number of nitrogens with one attached hydrogen (secondary N) is 1. The molecule has 1 amide bonds. The molecule has 0 radical (unpaired) electrons. The van der Waals surface area contributed by atoms with Crippen LogP contribution < -0.4 is 15.8 Å². The number of rotatable bonds is 6. The maximum atomic E-state index is 14.2. The molecule has 0 saturated carbocycles. The Morgan fingerprint density at radius 1 is 1.17 bits per heavy atom. The Hall–Kier alpha value is -4.07. The lowest BCUT2D eigenvalue weighted by atomic mass is 10.1. The number of carbonyl (C=O) groups excluding carboxylic acids is 1. The SMILES string of the molecule is CCOc1ccc2nc(-c3cccnc3)nc(Nc3cccc(F)c3C(N)=O)c2c1. The van der Waals surface area contributed by atoms with E-state index >= 15 is 0 Å². The first kappa shape index (κ1) is 19.3. The number of nitrogens with two attached hydrogens (primary N) is 1. The van der Waals surface area contributed by atoms with Gasteiger partial charge in [0.15, 0.2) is 5.82 Å². The summed E-state index contributed by atoms with van der Waals surface area (Å²) in [5, 5.41) is 3.70. The fraction of sp³-hybridized carbons (Fsp3) is 0.0909. The van der Waals surface area contributed by atoms with Gasteiger partial charge < -0.3 is 15.8 Å². The van der Waals surface area contributed by atoms with E-state index in [0.717, 1.165) is 0 Å². The first-order chi connectivity index (χ1) is 14.6. The van der Waals surface area contributed by atoms with Crippen LogP contribution in [0.25, 0.3) is 22.3 Å². The molecule has 0 aliphatic heterocycles. The smallest absolute Gasteiger partial charge is 0.253 e. The molecule has 0 bridgehead atoms. The maximum absolute atomic E-state index is 14.2. The van der Waals surface area contributed by atoms with Crippen LogP contribution in [0.4, 0.5) is 15.9 Å². The molecule has 0 fully saturated rings. The van der Waals surface area contributed by atoms with Crippen molar-refractivity contribution < 1.29 is 13.9 Å². The van der Waals surface area contributed by atoms with E-state index in [9.17, 15) is 9.18 Å². The number of anilines is 2. The molecule has 4 rings (SSSR count). The number of nitrogens with zero attached hydrogens (tertiary/aromatic N) is 3. The standard InChI is InChI=1S/C22H18FN5O2/c1-2-30-14-8-9-17-15(11-14)22(28-21(26-17)13-5-4-10-25-12-13)27-18-7-3-6-16(23)19(18)20(24)29/h3-12H,2H2,1H3,(H2,24,29)(H,26,27,28). The summed E-state index contributed by atoms with van der Waals surface area (Å²) in [7, 11) is 0. The highest BCUT2D eigenvalue weighted by Crippen LogP contribution is 2.31. The molecule has 4 aromatic rings. The van der Waals surface area contributed by atoms with Crippen molar-refractivity contribution in [1.82, 2.24) is 15.0 Å². The number of carbonyl (C=O) groups is 1. The predicted molar refractivity (Wildman–Crippen MR) is 112 cm³/mol. The van der Waals surface area contributed by atoms with Crippen LogP contribution in [-0.4, -0.2) is 27.5 Å². The Morgan fingerprint density at radius 3 is 2.77 bits per heavy atom. The quantitative estimate of drug-likeness (QED) is 0.503. The largest absolute Gasteiger partial charge is 0.494 e. The van der Waals surface area contributed by atoms with E-state index in [0.29, 0.717) is 40.5 Å². The third kappa shape index (κ3) is 3.75. The van der Waals surface area contributed by atoms with E-state index in [1.807, 2.05) is 25.1 Å². The van der Waals surface area contributed by atoms with Gasteiger partial charge in [0.1, 0.15) is 17.4 Å². The summed E-state index contributed by atoms with van der Waals surface area (Å²) in [6.45, 7) is 2.38. The zero-order valence-corrected chi connectivity index (χ0v) is 16.1. The molecule has 2 aromatic heterocycles. The molecule has 2 heterocycles. The number of ether oxygens (including phenoxy) is 1. The van der Waals surface area contributed by atoms with Gasteiger partial charge >= 0.3 is 0 Å². The summed E-state index contributed by atoms with van der Waals surface area (Å²) in [5.74, 6) is -0.141. The minimum atomic E-state index is -0.878. The molecule has 0 unspecified atom stereocenters. The van der Waals surface area contributed by atoms with Gasteiger partial charge in [-0.05, 0) is 49.4 Å². The van der Waals surface area contributed by atoms with Crippen molar-refractivity contribution >= 4 is 28.3 Å². The van der Waals surface area contributed by atoms with Crippen molar-refractivity contribution in [3.63, 3.8) is 0 Å². The molecule has 8 heteroatoms. The van der Waals surface area contributed by atoms with Gasteiger partial charge in [-0.15, -0.1) is 0 Å². The number of pyridine rings is 1. The summed E-state index contributed by atoms with van der Waals surface area (Å²) in [6.07, 6.45) is 3.31. The van der Waals surface area contributed by atoms with Crippen LogP contribution in [0.15, 0.2) is 60.9 Å². The van der Waals surface area contributed by atoms with Gasteiger partial charge in [0.2, 0.25) is 0 Å². The van der Waals surface area contributed by atoms with E-state index in [1.165, 1.54) is 12.1 Å². The number of fused-ring (bicyclic) bond motifs is 1. The second-order valence-electron chi connectivity index (χ2n) is 6.40. The van der Waals surface area contributed by atoms with E-state index in [4.69, 9.17) is 10.5 Å². The number of aromatic nitrogens is 3. The summed E-state index contributed by atoms with van der Waals surface area (Å²) < 4.78 is 19.8. The molecular weight excluding hydrogens is 385 g/mol. The molecule has 2 aromatic carbocycles. The van der Waals surface area contributed by atoms with Crippen molar-refractivity contribution in [1.29, 1.82) is 0 Å². The molecular formula is C22H18FN5O2. The van der Waals surface area contributed by atoms with E-state index in [2.05, 4.69) is 20.3 Å². The number of primary amides is 1. The minimum absolute atomic E-state index is 0.210. The van der Waals surface area contributed by atoms with Crippen LogP contribution in [0.2, 0.25) is 0 Å². The fourth-order valence-corrected chi connectivity index (χ4v) is 3.09. The lowest BCUT2D eigenvalue weighted by Gasteiger charge is -2.14. The molecule has 0 aliphatic rings. The number of halogens is 1. The number of hydrogen-bond acceptors (Lipinski definition) is 6. The zero-order chi connectivity index (χ0) is 21.1. The van der Waals surface area contributed by atoms with Crippen LogP contribution in [0.3, 0.4) is 0 Å². The molecule has 3 N–H and O–H groups in total. The monoisotopic (exact) mass is 403 g/mol. The molecule has 0 aliphatic carbocycles. The number of benzene rings is 2. The van der Waals surface area contributed by atoms with E-state index in [1.54, 1.807) is 30.6 Å². The Kier molecular flexibility index (Phi) is 5.21. The van der Waals surface area contributed by atoms with Gasteiger partial charge in [-0.3, -0.25) is 9.78 Å². The van der Waals surface area contributed by atoms with Crippen molar-refractivity contribution in [2.45, 2.75) is 6.92 Å². The van der Waals surface area contributed by atoms with Gasteiger partial charge in [-0.1, -0.05) is 6.07 Å². The molecule has 0 atom stereocenters. The first-order valence-corrected chi connectivity index (χ1v) is 9.27. The van der Waals surface area contributed by atoms with Gasteiger partial charge in [-0.25, -0.2) is 14.4 Å². The maximum Gasteiger partial charge on any atom is 0.253 e. The summed E-state index contributed by atoms with van der Waals surface area (Å²) in [5.41, 5.74) is 6.71. The van der Waals surface area contributed by atoms with Crippen molar-refractivity contribution in [3.05, 3.63) is 72.3 Å². The summed E-state index contributed by atoms with van der Waals surface area (Å²) in [4.78, 5) is 25.1. The Balaban J connectivity index is 1.91. The summed E-state index contributed by atoms with van der Waals surface area (Å²) in [6, 6.07) is 13.3. The normalized spacial score (nSPS) is 10.7. The van der Waals surface area contributed by atoms with Crippen molar-refractivity contribution in [2.24, 2.45) is 5.73 Å². The second kappa shape index (κ2) is 8.12. The first-order valence-electron chi connectivity index (χ1n) is 9.27. The van der Waals surface area contributed by atoms with Crippen LogP contribution in [0.5, 0.6) is 5.75 Å². The fourth-order valence-electron chi connectivity index (χ4n) is 3.09. The highest BCUT2D eigenvalue weighted by atomic mass is 19.1. The van der Waals surface area contributed by atoms with Crippen LogP contribution in [0, 0.1) is 5.82 Å². The minimum Gasteiger partial charge on any atom is -0.494 e. The lowest BCUT2D eigenvalue weighted by molar-refractivity contribution is 0.0997. The average molecular weight is 403 g/mol. The molecule has 0 spiro atoms. The van der Waals surface area contributed by atoms with Crippen molar-refractivity contribution in [3.8, 4) is 17.1 Å². The number of amides is 1. The highest BCUT2D eigenvalue weighted by Gasteiger charge is 2.17. The van der Waals surface area contributed by atoms with Crippen LogP contribution in [-0.2, 0) is 0 Å². The van der Waals surface area contributed by atoms with Crippen molar-refractivity contribution in [2.75, 3.05) is 11.9 Å². The van der Waals surface area contributed by atoms with E-state index in [-0.39, 0.29) is 11.3 Å². The Morgan fingerprint density at radius 2 is 2.03 bits per heavy atom. The molecule has 30 heavy (non-hydrogen) atoms. The second-order valence-corrected chi connectivity index (χ2v) is 6.40. The predicted octanol–water partition coefficient (Wildman–Crippen LogP) is 4.07. The lowest BCUT2D eigenvalue weighted by Crippen LogP contribution is -2.15. The average Bonchev–Trinajstić information content (AvgIpc) is 2.74. The third-order valence-electron chi connectivity index (χ3n) is 4.41. The zero-order valence-electron chi connectivity index (χ0n) is 16.1. The highest BCUT2D eigenvalue weighted by molar-refractivity contribution is 6.01. The summed E-state index contributed by atoms with van der Waals surface area (Å²) >= 11 is 0. The van der Waals surface area contributed by atoms with Gasteiger partial charge in [0.25, 0.3) is 5.91 Å². The molecule has 7 nitrogen and oxygen atoms in total. The van der Waals surface area contributed by atoms with Gasteiger partial charge in [0, 0.05) is 23.3 Å². The molecule has 0 saturated heterocycles. The van der Waals surface area contributed by atoms with E-state index < -0.39 is 11.7 Å². The Bertz CT molecular complexity index is 1230. The number of hydrogen-bond donors (Lipinski definition) is 2. The topological polar surface area (TPSA) is 103 Å². The third-order valence-corrected chi connectivity index (χ3v) is 4.41.